The van der Waals surface area contributed by atoms with Crippen LogP contribution in [0.25, 0.3) is 10.9 Å². The SMILES string of the molecule is CS(=O)(=O)NCC1CCCCN1C(=O)CCCc1c[nH]c2ccccc12. The lowest BCUT2D eigenvalue weighted by atomic mass is 10.0. The highest BCUT2D eigenvalue weighted by atomic mass is 32.2. The molecule has 1 aromatic carbocycles. The third-order valence-electron chi connectivity index (χ3n) is 5.04. The highest BCUT2D eigenvalue weighted by Gasteiger charge is 2.26. The van der Waals surface area contributed by atoms with E-state index in [1.807, 2.05) is 23.2 Å². The lowest BCUT2D eigenvalue weighted by molar-refractivity contribution is -0.134. The van der Waals surface area contributed by atoms with Crippen molar-refractivity contribution < 1.29 is 13.2 Å². The number of aromatic amines is 1. The molecular formula is C19H27N3O3S. The number of fused-ring (bicyclic) bond motifs is 1. The lowest BCUT2D eigenvalue weighted by Gasteiger charge is -2.36. The van der Waals surface area contributed by atoms with E-state index < -0.39 is 10.0 Å². The van der Waals surface area contributed by atoms with E-state index in [9.17, 15) is 13.2 Å². The van der Waals surface area contributed by atoms with Crippen LogP contribution in [-0.4, -0.2) is 49.6 Å². The Kier molecular flexibility index (Phi) is 5.98. The number of H-pyrrole nitrogens is 1. The summed E-state index contributed by atoms with van der Waals surface area (Å²) in [7, 11) is -3.23. The van der Waals surface area contributed by atoms with Crippen LogP contribution in [0, 0.1) is 0 Å². The van der Waals surface area contributed by atoms with Gasteiger partial charge in [0.2, 0.25) is 15.9 Å². The van der Waals surface area contributed by atoms with Crippen molar-refractivity contribution in [3.63, 3.8) is 0 Å². The number of nitrogens with zero attached hydrogens (tertiary/aromatic N) is 1. The van der Waals surface area contributed by atoms with Gasteiger partial charge in [0, 0.05) is 42.7 Å². The highest BCUT2D eigenvalue weighted by molar-refractivity contribution is 7.88. The minimum Gasteiger partial charge on any atom is -0.361 e. The zero-order valence-corrected chi connectivity index (χ0v) is 16.0. The molecular weight excluding hydrogens is 350 g/mol. The maximum absolute atomic E-state index is 12.7. The molecule has 0 bridgehead atoms. The maximum Gasteiger partial charge on any atom is 0.222 e. The quantitative estimate of drug-likeness (QED) is 0.777. The maximum atomic E-state index is 12.7. The number of hydrogen-bond acceptors (Lipinski definition) is 3. The number of amides is 1. The molecule has 7 heteroatoms. The van der Waals surface area contributed by atoms with Gasteiger partial charge >= 0.3 is 0 Å². The van der Waals surface area contributed by atoms with Crippen LogP contribution in [0.3, 0.4) is 0 Å². The molecule has 0 aliphatic carbocycles. The molecule has 142 valence electrons. The van der Waals surface area contributed by atoms with Gasteiger partial charge in [0.1, 0.15) is 0 Å². The van der Waals surface area contributed by atoms with E-state index >= 15 is 0 Å². The summed E-state index contributed by atoms with van der Waals surface area (Å²) in [6, 6.07) is 8.15. The smallest absolute Gasteiger partial charge is 0.222 e. The van der Waals surface area contributed by atoms with E-state index in [-0.39, 0.29) is 11.9 Å². The van der Waals surface area contributed by atoms with Crippen molar-refractivity contribution in [2.75, 3.05) is 19.3 Å². The Bertz CT molecular complexity index is 860. The molecule has 2 aromatic rings. The zero-order valence-electron chi connectivity index (χ0n) is 15.2. The number of sulfonamides is 1. The molecule has 0 radical (unpaired) electrons. The van der Waals surface area contributed by atoms with Gasteiger partial charge in [0.25, 0.3) is 0 Å². The molecule has 0 spiro atoms. The second-order valence-corrected chi connectivity index (χ2v) is 8.90. The minimum absolute atomic E-state index is 0.0286. The predicted molar refractivity (Wildman–Crippen MR) is 103 cm³/mol. The molecule has 1 fully saturated rings. The molecule has 1 atom stereocenters. The van der Waals surface area contributed by atoms with Gasteiger partial charge in [-0.1, -0.05) is 18.2 Å². The van der Waals surface area contributed by atoms with Crippen LogP contribution in [0.4, 0.5) is 0 Å². The van der Waals surface area contributed by atoms with Crippen LogP contribution in [0.5, 0.6) is 0 Å². The number of hydrogen-bond donors (Lipinski definition) is 2. The molecule has 1 aliphatic heterocycles. The Labute approximate surface area is 155 Å². The van der Waals surface area contributed by atoms with Gasteiger partial charge in [-0.2, -0.15) is 0 Å². The summed E-state index contributed by atoms with van der Waals surface area (Å²) in [5.74, 6) is 0.129. The first-order chi connectivity index (χ1) is 12.4. The Balaban J connectivity index is 1.54. The third kappa shape index (κ3) is 4.86. The standard InChI is InChI=1S/C19H27N3O3S/c1-26(24,25)21-14-16-8-4-5-12-22(16)19(23)11-6-7-15-13-20-18-10-3-2-9-17(15)18/h2-3,9-10,13,16,20-21H,4-8,11-12,14H2,1H3. The Morgan fingerprint density at radius 1 is 1.31 bits per heavy atom. The van der Waals surface area contributed by atoms with E-state index in [4.69, 9.17) is 0 Å². The highest BCUT2D eigenvalue weighted by Crippen LogP contribution is 2.21. The summed E-state index contributed by atoms with van der Waals surface area (Å²) in [6.07, 6.45) is 8.21. The fourth-order valence-electron chi connectivity index (χ4n) is 3.70. The first-order valence-electron chi connectivity index (χ1n) is 9.23. The summed E-state index contributed by atoms with van der Waals surface area (Å²) >= 11 is 0. The van der Waals surface area contributed by atoms with E-state index in [2.05, 4.69) is 21.8 Å². The largest absolute Gasteiger partial charge is 0.361 e. The van der Waals surface area contributed by atoms with Gasteiger partial charge in [-0.3, -0.25) is 4.79 Å². The molecule has 1 unspecified atom stereocenters. The van der Waals surface area contributed by atoms with Crippen molar-refractivity contribution >= 4 is 26.8 Å². The number of carbonyl (C=O) groups excluding carboxylic acids is 1. The minimum atomic E-state index is -3.23. The average Bonchev–Trinajstić information content (AvgIpc) is 3.03. The van der Waals surface area contributed by atoms with Crippen LogP contribution in [0.1, 0.15) is 37.7 Å². The first-order valence-corrected chi connectivity index (χ1v) is 11.1. The Morgan fingerprint density at radius 2 is 2.12 bits per heavy atom. The Hall–Kier alpha value is -1.86. The van der Waals surface area contributed by atoms with Crippen molar-refractivity contribution in [1.82, 2.24) is 14.6 Å². The first kappa shape index (κ1) is 18.9. The van der Waals surface area contributed by atoms with E-state index in [1.165, 1.54) is 10.9 Å². The van der Waals surface area contributed by atoms with E-state index in [1.54, 1.807) is 0 Å². The summed E-state index contributed by atoms with van der Waals surface area (Å²) < 4.78 is 25.2. The predicted octanol–water partition coefficient (Wildman–Crippen LogP) is 2.42. The summed E-state index contributed by atoms with van der Waals surface area (Å²) in [4.78, 5) is 17.8. The summed E-state index contributed by atoms with van der Waals surface area (Å²) in [5, 5.41) is 1.22. The fourth-order valence-corrected chi connectivity index (χ4v) is 4.20. The number of aryl methyl sites for hydroxylation is 1. The fraction of sp³-hybridized carbons (Fsp3) is 0.526. The average molecular weight is 378 g/mol. The van der Waals surface area contributed by atoms with Crippen molar-refractivity contribution in [2.24, 2.45) is 0 Å². The summed E-state index contributed by atoms with van der Waals surface area (Å²) in [5.41, 5.74) is 2.36. The van der Waals surface area contributed by atoms with Gasteiger partial charge in [-0.25, -0.2) is 13.1 Å². The molecule has 1 aliphatic rings. The van der Waals surface area contributed by atoms with E-state index in [0.717, 1.165) is 50.4 Å². The lowest BCUT2D eigenvalue weighted by Crippen LogP contribution is -2.49. The number of rotatable bonds is 7. The van der Waals surface area contributed by atoms with Gasteiger partial charge < -0.3 is 9.88 Å². The zero-order chi connectivity index (χ0) is 18.6. The van der Waals surface area contributed by atoms with Crippen molar-refractivity contribution in [3.05, 3.63) is 36.0 Å². The summed E-state index contributed by atoms with van der Waals surface area (Å²) in [6.45, 7) is 1.04. The molecule has 2 N–H and O–H groups in total. The molecule has 1 amide bonds. The molecule has 6 nitrogen and oxygen atoms in total. The number of nitrogens with one attached hydrogen (secondary N) is 2. The molecule has 26 heavy (non-hydrogen) atoms. The molecule has 3 rings (SSSR count). The van der Waals surface area contributed by atoms with Gasteiger partial charge in [-0.05, 0) is 43.7 Å². The second-order valence-electron chi connectivity index (χ2n) is 7.07. The van der Waals surface area contributed by atoms with Crippen LogP contribution in [0.15, 0.2) is 30.5 Å². The third-order valence-corrected chi connectivity index (χ3v) is 5.73. The Morgan fingerprint density at radius 3 is 2.92 bits per heavy atom. The number of piperidine rings is 1. The van der Waals surface area contributed by atoms with Gasteiger partial charge in [-0.15, -0.1) is 0 Å². The monoisotopic (exact) mass is 377 g/mol. The number of carbonyl (C=O) groups is 1. The molecule has 0 saturated carbocycles. The van der Waals surface area contributed by atoms with Gasteiger partial charge in [0.15, 0.2) is 0 Å². The second kappa shape index (κ2) is 8.22. The molecule has 1 aromatic heterocycles. The van der Waals surface area contributed by atoms with Crippen molar-refractivity contribution in [2.45, 2.75) is 44.6 Å². The van der Waals surface area contributed by atoms with Crippen LogP contribution in [0.2, 0.25) is 0 Å². The number of likely N-dealkylation sites (tertiary alicyclic amines) is 1. The van der Waals surface area contributed by atoms with Crippen LogP contribution >= 0.6 is 0 Å². The topological polar surface area (TPSA) is 82.3 Å². The molecule has 1 saturated heterocycles. The van der Waals surface area contributed by atoms with Crippen molar-refractivity contribution in [1.29, 1.82) is 0 Å². The van der Waals surface area contributed by atoms with E-state index in [0.29, 0.717) is 13.0 Å². The van der Waals surface area contributed by atoms with Gasteiger partial charge in [0.05, 0.1) is 6.26 Å². The number of aromatic nitrogens is 1. The number of benzene rings is 1. The normalized spacial score (nSPS) is 18.3. The van der Waals surface area contributed by atoms with Crippen LogP contribution in [-0.2, 0) is 21.2 Å². The van der Waals surface area contributed by atoms with Crippen molar-refractivity contribution in [3.8, 4) is 0 Å². The number of para-hydroxylation sites is 1. The molecule has 2 heterocycles. The van der Waals surface area contributed by atoms with Crippen LogP contribution < -0.4 is 4.72 Å².